The molecule has 0 spiro atoms. The number of nitrogens with one attached hydrogen (secondary N) is 1. The van der Waals surface area contributed by atoms with E-state index < -0.39 is 0 Å². The van der Waals surface area contributed by atoms with Gasteiger partial charge in [-0.25, -0.2) is 0 Å². The monoisotopic (exact) mass is 310 g/mol. The van der Waals surface area contributed by atoms with E-state index in [2.05, 4.69) is 55.3 Å². The minimum absolute atomic E-state index is 0.0607. The Kier molecular flexibility index (Phi) is 4.67. The van der Waals surface area contributed by atoms with Crippen molar-refractivity contribution in [2.75, 3.05) is 0 Å². The van der Waals surface area contributed by atoms with Crippen LogP contribution in [0.5, 0.6) is 5.75 Å². The Morgan fingerprint density at radius 3 is 2.78 bits per heavy atom. The van der Waals surface area contributed by atoms with Crippen LogP contribution in [0.1, 0.15) is 55.8 Å². The molecule has 1 N–H and O–H groups in total. The second kappa shape index (κ2) is 6.71. The maximum Gasteiger partial charge on any atom is 0.124 e. The van der Waals surface area contributed by atoms with Gasteiger partial charge in [-0.1, -0.05) is 37.6 Å². The highest BCUT2D eigenvalue weighted by atomic mass is 16.5. The van der Waals surface area contributed by atoms with Crippen LogP contribution < -0.4 is 10.1 Å². The topological polar surface area (TPSA) is 34.2 Å². The summed E-state index contributed by atoms with van der Waals surface area (Å²) in [5, 5.41) is 3.72. The lowest BCUT2D eigenvalue weighted by molar-refractivity contribution is 0.0225. The van der Waals surface area contributed by atoms with Gasteiger partial charge < -0.3 is 10.1 Å². The van der Waals surface area contributed by atoms with E-state index in [1.807, 2.05) is 18.5 Å². The van der Waals surface area contributed by atoms with Crippen LogP contribution in [0.4, 0.5) is 0 Å². The minimum atomic E-state index is -0.0607. The van der Waals surface area contributed by atoms with Gasteiger partial charge in [-0.05, 0) is 37.5 Å². The predicted octanol–water partition coefficient (Wildman–Crippen LogP) is 4.56. The van der Waals surface area contributed by atoms with Gasteiger partial charge in [0, 0.05) is 37.0 Å². The normalized spacial score (nSPS) is 19.0. The Hall–Kier alpha value is -1.87. The summed E-state index contributed by atoms with van der Waals surface area (Å²) in [6.07, 6.45) is 6.81. The number of aryl methyl sites for hydroxylation is 1. The Balaban J connectivity index is 1.86. The fourth-order valence-corrected chi connectivity index (χ4v) is 3.40. The molecule has 2 heterocycles. The number of rotatable bonds is 5. The van der Waals surface area contributed by atoms with Gasteiger partial charge in [-0.15, -0.1) is 0 Å². The molecule has 1 aliphatic rings. The van der Waals surface area contributed by atoms with Crippen molar-refractivity contribution in [2.45, 2.75) is 58.2 Å². The van der Waals surface area contributed by atoms with Gasteiger partial charge >= 0.3 is 0 Å². The van der Waals surface area contributed by atoms with Crippen molar-refractivity contribution in [1.82, 2.24) is 10.3 Å². The highest BCUT2D eigenvalue weighted by molar-refractivity contribution is 5.41. The van der Waals surface area contributed by atoms with Gasteiger partial charge in [-0.2, -0.15) is 0 Å². The number of hydrogen-bond acceptors (Lipinski definition) is 3. The highest BCUT2D eigenvalue weighted by Crippen LogP contribution is 2.43. The molecule has 0 saturated carbocycles. The maximum absolute atomic E-state index is 6.40. The minimum Gasteiger partial charge on any atom is -0.487 e. The summed E-state index contributed by atoms with van der Waals surface area (Å²) in [6, 6.07) is 10.9. The van der Waals surface area contributed by atoms with Crippen LogP contribution in [-0.2, 0) is 6.54 Å². The third kappa shape index (κ3) is 3.40. The molecule has 1 atom stereocenters. The molecule has 0 bridgehead atoms. The van der Waals surface area contributed by atoms with E-state index in [0.717, 1.165) is 31.6 Å². The second-order valence-electron chi connectivity index (χ2n) is 6.53. The Morgan fingerprint density at radius 2 is 2.09 bits per heavy atom. The average molecular weight is 310 g/mol. The molecule has 0 fully saturated rings. The summed E-state index contributed by atoms with van der Waals surface area (Å²) in [5.41, 5.74) is 3.72. The fraction of sp³-hybridized carbons (Fsp3) is 0.450. The highest BCUT2D eigenvalue weighted by Gasteiger charge is 2.38. The quantitative estimate of drug-likeness (QED) is 0.879. The lowest BCUT2D eigenvalue weighted by atomic mass is 9.83. The zero-order valence-corrected chi connectivity index (χ0v) is 14.3. The number of ether oxygens (including phenoxy) is 1. The van der Waals surface area contributed by atoms with Crippen LogP contribution in [0, 0.1) is 6.92 Å². The van der Waals surface area contributed by atoms with E-state index in [1.54, 1.807) is 0 Å². The Labute approximate surface area is 139 Å². The zero-order valence-electron chi connectivity index (χ0n) is 14.3. The summed E-state index contributed by atoms with van der Waals surface area (Å²) >= 11 is 0. The van der Waals surface area contributed by atoms with E-state index >= 15 is 0 Å². The summed E-state index contributed by atoms with van der Waals surface area (Å²) in [5.74, 6) is 1.04. The number of fused-ring (bicyclic) bond motifs is 1. The van der Waals surface area contributed by atoms with Crippen LogP contribution in [0.3, 0.4) is 0 Å². The van der Waals surface area contributed by atoms with Crippen molar-refractivity contribution in [3.63, 3.8) is 0 Å². The van der Waals surface area contributed by atoms with Crippen molar-refractivity contribution >= 4 is 0 Å². The summed E-state index contributed by atoms with van der Waals surface area (Å²) in [4.78, 5) is 4.20. The molecule has 3 nitrogen and oxygen atoms in total. The lowest BCUT2D eigenvalue weighted by Crippen LogP contribution is -2.43. The predicted molar refractivity (Wildman–Crippen MR) is 93.6 cm³/mol. The Bertz CT molecular complexity index is 650. The molecule has 1 unspecified atom stereocenters. The van der Waals surface area contributed by atoms with Crippen molar-refractivity contribution in [2.24, 2.45) is 0 Å². The standard InChI is InChI=1S/C20H26N2O/c1-4-20(5-2)12-18(22-14-16-7-6-10-21-13-16)17-11-15(3)8-9-19(17)23-20/h6-11,13,18,22H,4-5,12,14H2,1-3H3. The van der Waals surface area contributed by atoms with Crippen LogP contribution >= 0.6 is 0 Å². The van der Waals surface area contributed by atoms with Crippen LogP contribution in [-0.4, -0.2) is 10.6 Å². The van der Waals surface area contributed by atoms with Gasteiger partial charge in [0.25, 0.3) is 0 Å². The van der Waals surface area contributed by atoms with Crippen molar-refractivity contribution in [3.8, 4) is 5.75 Å². The van der Waals surface area contributed by atoms with Crippen LogP contribution in [0.25, 0.3) is 0 Å². The van der Waals surface area contributed by atoms with Gasteiger partial charge in [-0.3, -0.25) is 4.98 Å². The molecule has 23 heavy (non-hydrogen) atoms. The molecule has 0 aliphatic carbocycles. The third-order valence-electron chi connectivity index (χ3n) is 5.01. The molecule has 1 aliphatic heterocycles. The van der Waals surface area contributed by atoms with Crippen LogP contribution in [0.2, 0.25) is 0 Å². The van der Waals surface area contributed by atoms with E-state index in [4.69, 9.17) is 4.74 Å². The zero-order chi connectivity index (χ0) is 16.3. The van der Waals surface area contributed by atoms with Crippen molar-refractivity contribution in [1.29, 1.82) is 0 Å². The van der Waals surface area contributed by atoms with Crippen molar-refractivity contribution in [3.05, 3.63) is 59.4 Å². The molecule has 2 aromatic rings. The first-order valence-corrected chi connectivity index (χ1v) is 8.57. The number of pyridine rings is 1. The van der Waals surface area contributed by atoms with E-state index in [1.165, 1.54) is 16.7 Å². The van der Waals surface area contributed by atoms with E-state index in [-0.39, 0.29) is 5.60 Å². The first-order valence-electron chi connectivity index (χ1n) is 8.57. The van der Waals surface area contributed by atoms with Crippen molar-refractivity contribution < 1.29 is 4.74 Å². The van der Waals surface area contributed by atoms with Gasteiger partial charge in [0.05, 0.1) is 0 Å². The molecule has 1 aromatic heterocycles. The fourth-order valence-electron chi connectivity index (χ4n) is 3.40. The first-order chi connectivity index (χ1) is 11.2. The number of aromatic nitrogens is 1. The lowest BCUT2D eigenvalue weighted by Gasteiger charge is -2.42. The van der Waals surface area contributed by atoms with Crippen LogP contribution in [0.15, 0.2) is 42.7 Å². The molecule has 3 rings (SSSR count). The number of hydrogen-bond donors (Lipinski definition) is 1. The summed E-state index contributed by atoms with van der Waals surface area (Å²) < 4.78 is 6.40. The van der Waals surface area contributed by atoms with E-state index in [0.29, 0.717) is 6.04 Å². The van der Waals surface area contributed by atoms with Gasteiger partial charge in [0.15, 0.2) is 0 Å². The molecule has 122 valence electrons. The summed E-state index contributed by atoms with van der Waals surface area (Å²) in [6.45, 7) is 7.41. The molecule has 3 heteroatoms. The largest absolute Gasteiger partial charge is 0.487 e. The molecular weight excluding hydrogens is 284 g/mol. The first kappa shape index (κ1) is 16.0. The number of benzene rings is 1. The smallest absolute Gasteiger partial charge is 0.124 e. The molecule has 0 saturated heterocycles. The molecule has 0 amide bonds. The second-order valence-corrected chi connectivity index (χ2v) is 6.53. The van der Waals surface area contributed by atoms with Gasteiger partial charge in [0.1, 0.15) is 11.4 Å². The number of nitrogens with zero attached hydrogens (tertiary/aromatic N) is 1. The third-order valence-corrected chi connectivity index (χ3v) is 5.01. The average Bonchev–Trinajstić information content (AvgIpc) is 2.60. The maximum atomic E-state index is 6.40. The Morgan fingerprint density at radius 1 is 1.26 bits per heavy atom. The van der Waals surface area contributed by atoms with E-state index in [9.17, 15) is 0 Å². The molecule has 0 radical (unpaired) electrons. The SMILES string of the molecule is CCC1(CC)CC(NCc2cccnc2)c2cc(C)ccc2O1. The van der Waals surface area contributed by atoms with Gasteiger partial charge in [0.2, 0.25) is 0 Å². The molecule has 1 aromatic carbocycles. The summed E-state index contributed by atoms with van der Waals surface area (Å²) in [7, 11) is 0. The molecular formula is C20H26N2O.